The molecule has 1 aromatic heterocycles. The summed E-state index contributed by atoms with van der Waals surface area (Å²) in [5.74, 6) is 0. The Morgan fingerprint density at radius 3 is 2.70 bits per heavy atom. The van der Waals surface area contributed by atoms with Gasteiger partial charge in [0.2, 0.25) is 0 Å². The minimum atomic E-state index is 0. The molecule has 2 heteroatoms. The van der Waals surface area contributed by atoms with Gasteiger partial charge in [-0.1, -0.05) is 37.3 Å². The maximum atomic E-state index is 4.78. The summed E-state index contributed by atoms with van der Waals surface area (Å²) in [4.78, 5) is 4.78. The molecule has 1 radical (unpaired) electrons. The molecule has 0 unspecified atom stereocenters. The Labute approximate surface area is 131 Å². The Kier molecular flexibility index (Phi) is 3.29. The van der Waals surface area contributed by atoms with Gasteiger partial charge in [-0.2, -0.15) is 0 Å². The van der Waals surface area contributed by atoms with E-state index in [2.05, 4.69) is 61.5 Å². The molecule has 99 valence electrons. The predicted octanol–water partition coefficient (Wildman–Crippen LogP) is 4.49. The van der Waals surface area contributed by atoms with Crippen LogP contribution in [0, 0.1) is 13.0 Å². The van der Waals surface area contributed by atoms with Gasteiger partial charge in [-0.3, -0.25) is 4.98 Å². The molecule has 0 N–H and O–H groups in total. The van der Waals surface area contributed by atoms with Gasteiger partial charge in [-0.05, 0) is 22.9 Å². The molecule has 20 heavy (non-hydrogen) atoms. The van der Waals surface area contributed by atoms with Crippen LogP contribution in [0.5, 0.6) is 0 Å². The third kappa shape index (κ3) is 2.02. The van der Waals surface area contributed by atoms with Crippen molar-refractivity contribution in [1.82, 2.24) is 4.98 Å². The van der Waals surface area contributed by atoms with E-state index in [0.717, 1.165) is 16.8 Å². The van der Waals surface area contributed by atoms with Crippen molar-refractivity contribution in [2.75, 3.05) is 0 Å². The van der Waals surface area contributed by atoms with Crippen molar-refractivity contribution in [3.05, 3.63) is 65.2 Å². The van der Waals surface area contributed by atoms with Gasteiger partial charge in [0, 0.05) is 25.5 Å². The first-order valence-electron chi connectivity index (χ1n) is 6.42. The minimum Gasteiger partial charge on any atom is -0.296 e. The molecular weight excluding hydrogens is 422 g/mol. The summed E-state index contributed by atoms with van der Waals surface area (Å²) in [6.45, 7) is 2.09. The number of hydrogen-bond acceptors (Lipinski definition) is 1. The predicted molar refractivity (Wildman–Crippen MR) is 79.7 cm³/mol. The van der Waals surface area contributed by atoms with E-state index < -0.39 is 0 Å². The number of rotatable bonds is 1. The van der Waals surface area contributed by atoms with E-state index in [1.54, 1.807) is 0 Å². The van der Waals surface area contributed by atoms with E-state index in [4.69, 9.17) is 4.98 Å². The van der Waals surface area contributed by atoms with Gasteiger partial charge >= 0.3 is 0 Å². The maximum Gasteiger partial charge on any atom is 0.0607 e. The summed E-state index contributed by atoms with van der Waals surface area (Å²) < 4.78 is 0. The van der Waals surface area contributed by atoms with Gasteiger partial charge in [-0.15, -0.1) is 35.4 Å². The van der Waals surface area contributed by atoms with Gasteiger partial charge in [0.25, 0.3) is 0 Å². The van der Waals surface area contributed by atoms with Gasteiger partial charge < -0.3 is 0 Å². The van der Waals surface area contributed by atoms with Crippen LogP contribution in [0.1, 0.15) is 16.7 Å². The van der Waals surface area contributed by atoms with Crippen molar-refractivity contribution < 1.29 is 20.1 Å². The van der Waals surface area contributed by atoms with Crippen LogP contribution in [-0.4, -0.2) is 4.98 Å². The monoisotopic (exact) mass is 435 g/mol. The van der Waals surface area contributed by atoms with E-state index in [-0.39, 0.29) is 20.1 Å². The average molecular weight is 435 g/mol. The van der Waals surface area contributed by atoms with Crippen LogP contribution in [-0.2, 0) is 20.1 Å². The van der Waals surface area contributed by atoms with E-state index in [1.165, 1.54) is 22.1 Å². The third-order valence-electron chi connectivity index (χ3n) is 3.57. The number of aryl methyl sites for hydroxylation is 1. The molecule has 2 aromatic carbocycles. The number of aromatic nitrogens is 1. The first kappa shape index (κ1) is 13.2. The van der Waals surface area contributed by atoms with Crippen molar-refractivity contribution in [2.24, 2.45) is 0 Å². The van der Waals surface area contributed by atoms with Crippen molar-refractivity contribution >= 4 is 23.1 Å². The Morgan fingerprint density at radius 1 is 1.00 bits per heavy atom. The Bertz CT molecular complexity index is 834. The first-order valence-corrected chi connectivity index (χ1v) is 6.42. The minimum absolute atomic E-state index is 0. The zero-order chi connectivity index (χ0) is 12.8. The molecule has 0 amide bonds. The maximum absolute atomic E-state index is 4.78. The molecule has 1 aliphatic carbocycles. The summed E-state index contributed by atoms with van der Waals surface area (Å²) in [6, 6.07) is 17.8. The standard InChI is InChI=1S/C18H12N.Ir/c1-12-4-2-6-14(10-12)17-11-15-9-8-13-5-3-7-16(19-17)18(13)15;/h2-5,7-11H,1H3;/q-1;. The summed E-state index contributed by atoms with van der Waals surface area (Å²) in [5, 5.41) is 1.26. The first-order chi connectivity index (χ1) is 9.31. The molecule has 3 aromatic rings. The molecule has 0 fully saturated rings. The van der Waals surface area contributed by atoms with E-state index in [0.29, 0.717) is 0 Å². The van der Waals surface area contributed by atoms with Crippen LogP contribution >= 0.6 is 0 Å². The molecule has 0 aliphatic heterocycles. The second kappa shape index (κ2) is 4.97. The van der Waals surface area contributed by atoms with Crippen molar-refractivity contribution in [2.45, 2.75) is 6.92 Å². The SMILES string of the molecule is Cc1cc[c-]c(-c2cc3c4c(cccc4n2)C=C3)c1.[Ir]. The number of nitrogens with zero attached hydrogens (tertiary/aromatic N) is 1. The normalized spacial score (nSPS) is 11.7. The van der Waals surface area contributed by atoms with Crippen LogP contribution in [0.2, 0.25) is 0 Å². The largest absolute Gasteiger partial charge is 0.296 e. The molecule has 4 rings (SSSR count). The Morgan fingerprint density at radius 2 is 1.85 bits per heavy atom. The molecule has 0 saturated heterocycles. The zero-order valence-electron chi connectivity index (χ0n) is 11.0. The summed E-state index contributed by atoms with van der Waals surface area (Å²) in [5.41, 5.74) is 6.87. The third-order valence-corrected chi connectivity index (χ3v) is 3.57. The fraction of sp³-hybridized carbons (Fsp3) is 0.0556. The molecule has 1 nitrogen and oxygen atoms in total. The van der Waals surface area contributed by atoms with Crippen molar-refractivity contribution in [1.29, 1.82) is 0 Å². The van der Waals surface area contributed by atoms with Crippen LogP contribution in [0.15, 0.2) is 42.5 Å². The van der Waals surface area contributed by atoms with Crippen molar-refractivity contribution in [3.8, 4) is 11.3 Å². The van der Waals surface area contributed by atoms with E-state index in [9.17, 15) is 0 Å². The zero-order valence-corrected chi connectivity index (χ0v) is 13.4. The molecule has 0 bridgehead atoms. The second-order valence-corrected chi connectivity index (χ2v) is 4.95. The van der Waals surface area contributed by atoms with E-state index in [1.807, 2.05) is 6.07 Å². The van der Waals surface area contributed by atoms with Gasteiger partial charge in [0.15, 0.2) is 0 Å². The Balaban J connectivity index is 0.00000121. The van der Waals surface area contributed by atoms with E-state index >= 15 is 0 Å². The van der Waals surface area contributed by atoms with Gasteiger partial charge in [0.1, 0.15) is 0 Å². The van der Waals surface area contributed by atoms with Crippen LogP contribution in [0.4, 0.5) is 0 Å². The quantitative estimate of drug-likeness (QED) is 0.402. The van der Waals surface area contributed by atoms with Gasteiger partial charge in [-0.25, -0.2) is 0 Å². The summed E-state index contributed by atoms with van der Waals surface area (Å²) in [7, 11) is 0. The summed E-state index contributed by atoms with van der Waals surface area (Å²) >= 11 is 0. The molecular formula is C18H12IrN-. The Hall–Kier alpha value is -1.76. The van der Waals surface area contributed by atoms with Crippen LogP contribution < -0.4 is 0 Å². The number of pyridine rings is 1. The number of hydrogen-bond donors (Lipinski definition) is 0. The topological polar surface area (TPSA) is 12.9 Å². The fourth-order valence-corrected chi connectivity index (χ4v) is 2.66. The molecule has 0 atom stereocenters. The molecule has 1 heterocycles. The number of benzene rings is 2. The van der Waals surface area contributed by atoms with Crippen LogP contribution in [0.25, 0.3) is 34.3 Å². The summed E-state index contributed by atoms with van der Waals surface area (Å²) in [6.07, 6.45) is 4.32. The second-order valence-electron chi connectivity index (χ2n) is 4.95. The molecule has 0 saturated carbocycles. The molecule has 0 spiro atoms. The fourth-order valence-electron chi connectivity index (χ4n) is 2.66. The van der Waals surface area contributed by atoms with Crippen LogP contribution in [0.3, 0.4) is 0 Å². The molecule has 1 aliphatic rings. The van der Waals surface area contributed by atoms with Gasteiger partial charge in [0.05, 0.1) is 5.52 Å². The van der Waals surface area contributed by atoms with Crippen molar-refractivity contribution in [3.63, 3.8) is 0 Å². The smallest absolute Gasteiger partial charge is 0.0607 e. The average Bonchev–Trinajstić information content (AvgIpc) is 2.84.